The molecule has 0 saturated heterocycles. The molecule has 0 radical (unpaired) electrons. The van der Waals surface area contributed by atoms with Crippen LogP contribution in [0, 0.1) is 0 Å². The molecule has 0 unspecified atom stereocenters. The van der Waals surface area contributed by atoms with E-state index >= 15 is 0 Å². The van der Waals surface area contributed by atoms with Crippen molar-refractivity contribution < 1.29 is 14.3 Å². The summed E-state index contributed by atoms with van der Waals surface area (Å²) in [6.45, 7) is 9.29. The Kier molecular flexibility index (Phi) is 11.4. The second-order valence-electron chi connectivity index (χ2n) is 10.1. The van der Waals surface area contributed by atoms with Gasteiger partial charge in [0.15, 0.2) is 5.75 Å². The first-order chi connectivity index (χ1) is 18.8. The predicted octanol–water partition coefficient (Wildman–Crippen LogP) is 7.91. The van der Waals surface area contributed by atoms with Gasteiger partial charge < -0.3 is 19.4 Å². The van der Waals surface area contributed by atoms with E-state index in [4.69, 9.17) is 9.47 Å². The maximum absolute atomic E-state index is 13.7. The normalized spacial score (nSPS) is 11.4. The van der Waals surface area contributed by atoms with Gasteiger partial charge in [0, 0.05) is 23.2 Å². The summed E-state index contributed by atoms with van der Waals surface area (Å²) in [7, 11) is 1.55. The fourth-order valence-corrected chi connectivity index (χ4v) is 4.48. The fraction of sp³-hybridized carbons (Fsp3) is 0.394. The summed E-state index contributed by atoms with van der Waals surface area (Å²) in [5, 5.41) is 3.73. The molecular formula is C33H42N2O4. The summed E-state index contributed by atoms with van der Waals surface area (Å²) in [6, 6.07) is 14.6. The number of ether oxygens (including phenoxy) is 2. The van der Waals surface area contributed by atoms with Gasteiger partial charge in [-0.15, -0.1) is 0 Å². The van der Waals surface area contributed by atoms with Gasteiger partial charge in [-0.05, 0) is 76.4 Å². The molecule has 2 aromatic carbocycles. The Morgan fingerprint density at radius 3 is 2.44 bits per heavy atom. The van der Waals surface area contributed by atoms with Crippen LogP contribution in [0.15, 0.2) is 76.6 Å². The first kappa shape index (κ1) is 29.8. The summed E-state index contributed by atoms with van der Waals surface area (Å²) >= 11 is 0. The lowest BCUT2D eigenvalue weighted by molar-refractivity contribution is 0.102. The number of aryl methyl sites for hydroxylation is 1. The molecule has 1 N–H and O–H groups in total. The monoisotopic (exact) mass is 530 g/mol. The molecule has 0 atom stereocenters. The number of benzene rings is 2. The smallest absolute Gasteiger partial charge is 0.297 e. The fourth-order valence-electron chi connectivity index (χ4n) is 4.48. The number of unbranched alkanes of at least 4 members (excludes halogenated alkanes) is 3. The van der Waals surface area contributed by atoms with Crippen molar-refractivity contribution in [1.82, 2.24) is 4.57 Å². The molecule has 0 saturated carbocycles. The number of hydrogen-bond donors (Lipinski definition) is 1. The van der Waals surface area contributed by atoms with Crippen molar-refractivity contribution >= 4 is 22.5 Å². The Balaban J connectivity index is 1.95. The second kappa shape index (κ2) is 15.0. The minimum Gasteiger partial charge on any atom is -0.492 e. The number of hydrogen-bond acceptors (Lipinski definition) is 4. The van der Waals surface area contributed by atoms with Crippen LogP contribution in [0.4, 0.5) is 5.69 Å². The SMILES string of the molecule is CCCCCCn1c(=O)c(OC/C=C(\C)CCC=C(C)C)c(OC)c2ccc(NC(=O)c3ccccc3)cc21. The number of nitrogens with zero attached hydrogens (tertiary/aromatic N) is 1. The van der Waals surface area contributed by atoms with Crippen molar-refractivity contribution in [3.05, 3.63) is 87.7 Å². The van der Waals surface area contributed by atoms with Gasteiger partial charge in [-0.2, -0.15) is 0 Å². The number of nitrogens with one attached hydrogen (secondary N) is 1. The second-order valence-corrected chi connectivity index (χ2v) is 10.1. The van der Waals surface area contributed by atoms with Gasteiger partial charge in [0.25, 0.3) is 11.5 Å². The van der Waals surface area contributed by atoms with E-state index in [0.717, 1.165) is 43.9 Å². The molecule has 0 aliphatic carbocycles. The highest BCUT2D eigenvalue weighted by atomic mass is 16.5. The number of rotatable bonds is 14. The van der Waals surface area contributed by atoms with Crippen LogP contribution in [0.1, 0.15) is 76.6 Å². The lowest BCUT2D eigenvalue weighted by atomic mass is 10.1. The van der Waals surface area contributed by atoms with Gasteiger partial charge in [0.1, 0.15) is 6.61 Å². The lowest BCUT2D eigenvalue weighted by Gasteiger charge is -2.18. The summed E-state index contributed by atoms with van der Waals surface area (Å²) in [4.78, 5) is 26.5. The maximum Gasteiger partial charge on any atom is 0.297 e. The predicted molar refractivity (Wildman–Crippen MR) is 161 cm³/mol. The number of carbonyl (C=O) groups excluding carboxylic acids is 1. The third-order valence-corrected chi connectivity index (χ3v) is 6.66. The number of carbonyl (C=O) groups is 1. The van der Waals surface area contributed by atoms with Crippen LogP contribution in [-0.2, 0) is 6.54 Å². The molecule has 6 heteroatoms. The molecule has 0 aliphatic heterocycles. The van der Waals surface area contributed by atoms with Gasteiger partial charge in [0.2, 0.25) is 5.75 Å². The molecule has 0 fully saturated rings. The standard InChI is InChI=1S/C33H42N2O4/c1-6-7-8-12-21-35-29-23-27(34-32(36)26-16-10-9-11-17-26)18-19-28(29)30(38-5)31(33(35)37)39-22-20-25(4)15-13-14-24(2)3/h9-11,14,16-20,23H,6-8,12-13,15,21-22H2,1-5H3,(H,34,36)/b25-20+. The van der Waals surface area contributed by atoms with E-state index in [1.165, 1.54) is 11.1 Å². The molecule has 1 heterocycles. The zero-order valence-corrected chi connectivity index (χ0v) is 24.0. The van der Waals surface area contributed by atoms with Gasteiger partial charge in [0.05, 0.1) is 12.6 Å². The summed E-state index contributed by atoms with van der Waals surface area (Å²) in [5.74, 6) is 0.428. The zero-order valence-electron chi connectivity index (χ0n) is 24.0. The summed E-state index contributed by atoms with van der Waals surface area (Å²) < 4.78 is 13.5. The van der Waals surface area contributed by atoms with Crippen LogP contribution in [0.5, 0.6) is 11.5 Å². The van der Waals surface area contributed by atoms with Crippen molar-refractivity contribution in [2.75, 3.05) is 19.0 Å². The number of amides is 1. The van der Waals surface area contributed by atoms with E-state index in [0.29, 0.717) is 35.7 Å². The quantitative estimate of drug-likeness (QED) is 0.170. The molecule has 0 spiro atoms. The van der Waals surface area contributed by atoms with Crippen molar-refractivity contribution in [2.24, 2.45) is 0 Å². The zero-order chi connectivity index (χ0) is 28.2. The Morgan fingerprint density at radius 1 is 0.974 bits per heavy atom. The van der Waals surface area contributed by atoms with Gasteiger partial charge in [-0.1, -0.05) is 61.6 Å². The highest BCUT2D eigenvalue weighted by molar-refractivity contribution is 6.05. The molecule has 0 aliphatic rings. The molecule has 3 aromatic rings. The Morgan fingerprint density at radius 2 is 1.74 bits per heavy atom. The molecule has 1 aromatic heterocycles. The van der Waals surface area contributed by atoms with Crippen LogP contribution in [-0.4, -0.2) is 24.2 Å². The molecular weight excluding hydrogens is 488 g/mol. The van der Waals surface area contributed by atoms with Gasteiger partial charge in [-0.25, -0.2) is 0 Å². The Bertz CT molecular complexity index is 1370. The average molecular weight is 531 g/mol. The average Bonchev–Trinajstić information content (AvgIpc) is 2.93. The van der Waals surface area contributed by atoms with E-state index in [-0.39, 0.29) is 17.2 Å². The lowest BCUT2D eigenvalue weighted by Crippen LogP contribution is -2.24. The number of aromatic nitrogens is 1. The van der Waals surface area contributed by atoms with Crippen molar-refractivity contribution in [2.45, 2.75) is 72.8 Å². The van der Waals surface area contributed by atoms with Crippen molar-refractivity contribution in [1.29, 1.82) is 0 Å². The Hall–Kier alpha value is -3.80. The molecule has 3 rings (SSSR count). The highest BCUT2D eigenvalue weighted by Crippen LogP contribution is 2.34. The third kappa shape index (κ3) is 8.34. The molecule has 1 amide bonds. The largest absolute Gasteiger partial charge is 0.492 e. The first-order valence-corrected chi connectivity index (χ1v) is 13.9. The number of allylic oxidation sites excluding steroid dienone is 3. The molecule has 6 nitrogen and oxygen atoms in total. The van der Waals surface area contributed by atoms with Gasteiger partial charge in [-0.3, -0.25) is 9.59 Å². The molecule has 208 valence electrons. The topological polar surface area (TPSA) is 69.6 Å². The maximum atomic E-state index is 13.7. The van der Waals surface area contributed by atoms with E-state index in [1.54, 1.807) is 23.8 Å². The number of pyridine rings is 1. The Labute approximate surface area is 232 Å². The highest BCUT2D eigenvalue weighted by Gasteiger charge is 2.20. The van der Waals surface area contributed by atoms with Crippen molar-refractivity contribution in [3.63, 3.8) is 0 Å². The first-order valence-electron chi connectivity index (χ1n) is 13.9. The third-order valence-electron chi connectivity index (χ3n) is 6.66. The van der Waals surface area contributed by atoms with Gasteiger partial charge >= 0.3 is 0 Å². The van der Waals surface area contributed by atoms with E-state index in [9.17, 15) is 9.59 Å². The van der Waals surface area contributed by atoms with E-state index in [1.807, 2.05) is 42.5 Å². The van der Waals surface area contributed by atoms with Crippen molar-refractivity contribution in [3.8, 4) is 11.5 Å². The number of anilines is 1. The summed E-state index contributed by atoms with van der Waals surface area (Å²) in [5.41, 5.74) is 4.19. The molecule has 39 heavy (non-hydrogen) atoms. The van der Waals surface area contributed by atoms with Crippen LogP contribution in [0.2, 0.25) is 0 Å². The minimum absolute atomic E-state index is 0.203. The van der Waals surface area contributed by atoms with E-state index < -0.39 is 0 Å². The van der Waals surface area contributed by atoms with Crippen LogP contribution in [0.25, 0.3) is 10.9 Å². The summed E-state index contributed by atoms with van der Waals surface area (Å²) in [6.07, 6.45) is 10.3. The van der Waals surface area contributed by atoms with Crippen LogP contribution >= 0.6 is 0 Å². The van der Waals surface area contributed by atoms with Crippen LogP contribution < -0.4 is 20.3 Å². The van der Waals surface area contributed by atoms with E-state index in [2.05, 4.69) is 39.1 Å². The number of methoxy groups -OCH3 is 1. The number of fused-ring (bicyclic) bond motifs is 1. The molecule has 0 bridgehead atoms. The van der Waals surface area contributed by atoms with Crippen LogP contribution in [0.3, 0.4) is 0 Å². The minimum atomic E-state index is -0.224.